The minimum Gasteiger partial charge on any atom is -0.308 e. The Hall–Kier alpha value is -3.88. The molecule has 140 valence electrons. The van der Waals surface area contributed by atoms with Crippen LogP contribution in [0.1, 0.15) is 5.82 Å². The van der Waals surface area contributed by atoms with Gasteiger partial charge in [0, 0.05) is 23.0 Å². The number of amides is 2. The van der Waals surface area contributed by atoms with Gasteiger partial charge in [-0.2, -0.15) is 9.61 Å². The van der Waals surface area contributed by atoms with E-state index < -0.39 is 17.7 Å². The summed E-state index contributed by atoms with van der Waals surface area (Å²) in [4.78, 5) is 12.1. The molecule has 0 radical (unpaired) electrons. The summed E-state index contributed by atoms with van der Waals surface area (Å²) >= 11 is 0. The van der Waals surface area contributed by atoms with Crippen molar-refractivity contribution >= 4 is 23.1 Å². The lowest BCUT2D eigenvalue weighted by Crippen LogP contribution is -2.19. The number of hydrogen-bond acceptors (Lipinski definition) is 4. The number of anilines is 2. The Morgan fingerprint density at radius 2 is 1.71 bits per heavy atom. The van der Waals surface area contributed by atoms with E-state index in [2.05, 4.69) is 25.9 Å². The number of nitrogens with one attached hydrogen (secondary N) is 2. The van der Waals surface area contributed by atoms with Crippen LogP contribution >= 0.6 is 0 Å². The van der Waals surface area contributed by atoms with Crippen molar-refractivity contribution in [3.63, 3.8) is 0 Å². The van der Waals surface area contributed by atoms with Crippen LogP contribution in [0, 0.1) is 18.6 Å². The van der Waals surface area contributed by atoms with Crippen LogP contribution in [-0.2, 0) is 0 Å². The van der Waals surface area contributed by atoms with E-state index in [0.29, 0.717) is 22.9 Å². The monoisotopic (exact) mass is 380 g/mol. The lowest BCUT2D eigenvalue weighted by atomic mass is 10.1. The SMILES string of the molecule is Cc1nnc2ccc(-c3cccc(NC(=O)Nc4ccc(F)c(F)c4)c3)nn12. The molecule has 4 rings (SSSR count). The van der Waals surface area contributed by atoms with Gasteiger partial charge in [0.05, 0.1) is 5.69 Å². The number of benzene rings is 2. The molecule has 0 aliphatic rings. The Morgan fingerprint density at radius 1 is 0.929 bits per heavy atom. The van der Waals surface area contributed by atoms with Crippen molar-refractivity contribution in [1.29, 1.82) is 0 Å². The van der Waals surface area contributed by atoms with E-state index in [4.69, 9.17) is 0 Å². The predicted octanol–water partition coefficient (Wildman–Crippen LogP) is 4.02. The lowest BCUT2D eigenvalue weighted by Gasteiger charge is -2.09. The van der Waals surface area contributed by atoms with E-state index in [1.165, 1.54) is 6.07 Å². The van der Waals surface area contributed by atoms with E-state index in [9.17, 15) is 13.6 Å². The first-order valence-corrected chi connectivity index (χ1v) is 8.32. The maximum atomic E-state index is 13.2. The van der Waals surface area contributed by atoms with Gasteiger partial charge in [0.15, 0.2) is 23.1 Å². The van der Waals surface area contributed by atoms with Crippen molar-refractivity contribution in [2.45, 2.75) is 6.92 Å². The lowest BCUT2D eigenvalue weighted by molar-refractivity contribution is 0.262. The molecular formula is C19H14F2N6O. The second-order valence-electron chi connectivity index (χ2n) is 6.02. The van der Waals surface area contributed by atoms with E-state index >= 15 is 0 Å². The summed E-state index contributed by atoms with van der Waals surface area (Å²) in [5.41, 5.74) is 2.75. The van der Waals surface area contributed by atoms with Gasteiger partial charge in [-0.3, -0.25) is 0 Å². The Labute approximate surface area is 158 Å². The quantitative estimate of drug-likeness (QED) is 0.562. The topological polar surface area (TPSA) is 84.2 Å². The molecule has 0 aliphatic heterocycles. The predicted molar refractivity (Wildman–Crippen MR) is 100.0 cm³/mol. The average Bonchev–Trinajstić information content (AvgIpc) is 3.05. The third-order valence-corrected chi connectivity index (χ3v) is 4.01. The highest BCUT2D eigenvalue weighted by Crippen LogP contribution is 2.22. The smallest absolute Gasteiger partial charge is 0.308 e. The maximum Gasteiger partial charge on any atom is 0.323 e. The minimum atomic E-state index is -1.04. The maximum absolute atomic E-state index is 13.2. The second-order valence-corrected chi connectivity index (χ2v) is 6.02. The highest BCUT2D eigenvalue weighted by atomic mass is 19.2. The first kappa shape index (κ1) is 17.5. The van der Waals surface area contributed by atoms with Crippen LogP contribution in [-0.4, -0.2) is 25.8 Å². The average molecular weight is 380 g/mol. The number of fused-ring (bicyclic) bond motifs is 1. The molecule has 0 unspecified atom stereocenters. The molecule has 0 saturated heterocycles. The van der Waals surface area contributed by atoms with Crippen LogP contribution in [0.25, 0.3) is 16.9 Å². The van der Waals surface area contributed by atoms with Gasteiger partial charge in [-0.25, -0.2) is 13.6 Å². The van der Waals surface area contributed by atoms with Crippen LogP contribution in [0.15, 0.2) is 54.6 Å². The first-order chi connectivity index (χ1) is 13.5. The number of rotatable bonds is 3. The van der Waals surface area contributed by atoms with Gasteiger partial charge in [0.1, 0.15) is 0 Å². The van der Waals surface area contributed by atoms with Crippen molar-refractivity contribution in [3.8, 4) is 11.3 Å². The molecule has 0 aliphatic carbocycles. The molecule has 0 spiro atoms. The zero-order chi connectivity index (χ0) is 19.7. The molecule has 9 heteroatoms. The number of halogens is 2. The number of carbonyl (C=O) groups is 1. The molecule has 2 N–H and O–H groups in total. The molecular weight excluding hydrogens is 366 g/mol. The Bertz CT molecular complexity index is 1190. The molecule has 2 heterocycles. The standard InChI is InChI=1S/C19H14F2N6O/c1-11-24-25-18-8-7-17(26-27(11)18)12-3-2-4-13(9-12)22-19(28)23-14-5-6-15(20)16(21)10-14/h2-10H,1H3,(H2,22,23,28). The third kappa shape index (κ3) is 3.50. The second kappa shape index (κ2) is 7.03. The van der Waals surface area contributed by atoms with E-state index in [-0.39, 0.29) is 5.69 Å². The van der Waals surface area contributed by atoms with Gasteiger partial charge in [-0.1, -0.05) is 12.1 Å². The van der Waals surface area contributed by atoms with E-state index in [1.807, 2.05) is 12.1 Å². The van der Waals surface area contributed by atoms with Crippen molar-refractivity contribution < 1.29 is 13.6 Å². The molecule has 0 fully saturated rings. The highest BCUT2D eigenvalue weighted by molar-refractivity contribution is 6.00. The highest BCUT2D eigenvalue weighted by Gasteiger charge is 2.09. The fraction of sp³-hybridized carbons (Fsp3) is 0.0526. The molecule has 7 nitrogen and oxygen atoms in total. The number of urea groups is 1. The van der Waals surface area contributed by atoms with Crippen molar-refractivity contribution in [1.82, 2.24) is 19.8 Å². The molecule has 0 atom stereocenters. The zero-order valence-corrected chi connectivity index (χ0v) is 14.6. The van der Waals surface area contributed by atoms with Crippen LogP contribution in [0.5, 0.6) is 0 Å². The Kier molecular flexibility index (Phi) is 4.40. The molecule has 4 aromatic rings. The van der Waals surface area contributed by atoms with Gasteiger partial charge in [-0.05, 0) is 43.3 Å². The summed E-state index contributed by atoms with van der Waals surface area (Å²) in [5, 5.41) is 17.6. The van der Waals surface area contributed by atoms with E-state index in [1.54, 1.807) is 35.7 Å². The molecule has 2 aromatic heterocycles. The molecule has 28 heavy (non-hydrogen) atoms. The van der Waals surface area contributed by atoms with Gasteiger partial charge < -0.3 is 10.6 Å². The summed E-state index contributed by atoms with van der Waals surface area (Å²) in [6.07, 6.45) is 0. The minimum absolute atomic E-state index is 0.141. The number of aryl methyl sites for hydroxylation is 1. The van der Waals surface area contributed by atoms with Gasteiger partial charge in [0.2, 0.25) is 0 Å². The molecule has 2 aromatic carbocycles. The van der Waals surface area contributed by atoms with Gasteiger partial charge in [-0.15, -0.1) is 10.2 Å². The van der Waals surface area contributed by atoms with Gasteiger partial charge >= 0.3 is 6.03 Å². The fourth-order valence-electron chi connectivity index (χ4n) is 2.67. The zero-order valence-electron chi connectivity index (χ0n) is 14.6. The van der Waals surface area contributed by atoms with Crippen molar-refractivity contribution in [3.05, 3.63) is 72.1 Å². The van der Waals surface area contributed by atoms with Gasteiger partial charge in [0.25, 0.3) is 0 Å². The number of nitrogens with zero attached hydrogens (tertiary/aromatic N) is 4. The summed E-state index contributed by atoms with van der Waals surface area (Å²) in [5.74, 6) is -1.35. The summed E-state index contributed by atoms with van der Waals surface area (Å²) < 4.78 is 27.9. The Balaban J connectivity index is 1.53. The van der Waals surface area contributed by atoms with Crippen molar-refractivity contribution in [2.75, 3.05) is 10.6 Å². The number of carbonyl (C=O) groups excluding carboxylic acids is 1. The summed E-state index contributed by atoms with van der Waals surface area (Å²) in [7, 11) is 0. The van der Waals surface area contributed by atoms with Crippen molar-refractivity contribution in [2.24, 2.45) is 0 Å². The Morgan fingerprint density at radius 3 is 2.50 bits per heavy atom. The largest absolute Gasteiger partial charge is 0.323 e. The number of aromatic nitrogens is 4. The third-order valence-electron chi connectivity index (χ3n) is 4.01. The molecule has 2 amide bonds. The van der Waals surface area contributed by atoms with Crippen LogP contribution in [0.3, 0.4) is 0 Å². The fourth-order valence-corrected chi connectivity index (χ4v) is 2.67. The number of hydrogen-bond donors (Lipinski definition) is 2. The first-order valence-electron chi connectivity index (χ1n) is 8.32. The van der Waals surface area contributed by atoms with Crippen LogP contribution in [0.4, 0.5) is 25.0 Å². The molecule has 0 saturated carbocycles. The summed E-state index contributed by atoms with van der Waals surface area (Å²) in [6.45, 7) is 1.80. The van der Waals surface area contributed by atoms with Crippen LogP contribution < -0.4 is 10.6 Å². The van der Waals surface area contributed by atoms with E-state index in [0.717, 1.165) is 17.7 Å². The normalized spacial score (nSPS) is 10.8. The molecule has 0 bridgehead atoms. The van der Waals surface area contributed by atoms with Crippen LogP contribution in [0.2, 0.25) is 0 Å². The summed E-state index contributed by atoms with van der Waals surface area (Å²) in [6, 6.07) is 13.2.